The number of hydrogen-bond acceptors (Lipinski definition) is 5. The average Bonchev–Trinajstić information content (AvgIpc) is 2.73. The molecule has 0 radical (unpaired) electrons. The van der Waals surface area contributed by atoms with E-state index in [4.69, 9.17) is 9.47 Å². The molecule has 1 heterocycles. The molecule has 0 aliphatic carbocycles. The first-order valence-corrected chi connectivity index (χ1v) is 9.02. The molecule has 0 atom stereocenters. The van der Waals surface area contributed by atoms with E-state index in [1.54, 1.807) is 36.4 Å². The minimum absolute atomic E-state index is 0.399. The lowest BCUT2D eigenvalue weighted by Crippen LogP contribution is -2.21. The van der Waals surface area contributed by atoms with Gasteiger partial charge < -0.3 is 14.8 Å². The number of nitrogens with zero attached hydrogens (tertiary/aromatic N) is 2. The number of para-hydroxylation sites is 1. The predicted molar refractivity (Wildman–Crippen MR) is 104 cm³/mol. The number of amides is 1. The van der Waals surface area contributed by atoms with Gasteiger partial charge in [-0.15, -0.1) is 10.2 Å². The summed E-state index contributed by atoms with van der Waals surface area (Å²) >= 11 is 0. The van der Waals surface area contributed by atoms with Crippen LogP contribution in [0.1, 0.15) is 12.5 Å². The van der Waals surface area contributed by atoms with Crippen LogP contribution in [0, 0.1) is 0 Å². The highest BCUT2D eigenvalue weighted by molar-refractivity contribution is 5.92. The third kappa shape index (κ3) is 5.47. The van der Waals surface area contributed by atoms with E-state index in [1.807, 2.05) is 6.92 Å². The first-order chi connectivity index (χ1) is 14.4. The Morgan fingerprint density at radius 3 is 2.33 bits per heavy atom. The second-order valence-corrected chi connectivity index (χ2v) is 6.10. The normalized spacial score (nSPS) is 11.1. The maximum Gasteiger partial charge on any atom is 0.419 e. The molecule has 9 heteroatoms. The van der Waals surface area contributed by atoms with E-state index in [2.05, 4.69) is 15.5 Å². The van der Waals surface area contributed by atoms with Crippen molar-refractivity contribution in [3.63, 3.8) is 0 Å². The molecule has 6 nitrogen and oxygen atoms in total. The van der Waals surface area contributed by atoms with Gasteiger partial charge in [0.15, 0.2) is 6.61 Å². The van der Waals surface area contributed by atoms with Gasteiger partial charge in [-0.25, -0.2) is 0 Å². The van der Waals surface area contributed by atoms with Crippen LogP contribution in [0.3, 0.4) is 0 Å². The number of carbonyl (C=O) groups excluding carboxylic acids is 1. The monoisotopic (exact) mass is 417 g/mol. The molecule has 0 saturated heterocycles. The van der Waals surface area contributed by atoms with Gasteiger partial charge in [-0.3, -0.25) is 4.79 Å². The summed E-state index contributed by atoms with van der Waals surface area (Å²) in [7, 11) is 0. The Hall–Kier alpha value is -3.62. The summed E-state index contributed by atoms with van der Waals surface area (Å²) in [4.78, 5) is 12.0. The van der Waals surface area contributed by atoms with Gasteiger partial charge in [-0.05, 0) is 37.3 Å². The summed E-state index contributed by atoms with van der Waals surface area (Å²) in [5, 5.41) is 10.6. The Bertz CT molecular complexity index is 991. The molecule has 1 aromatic heterocycles. The van der Waals surface area contributed by atoms with Crippen LogP contribution in [0.4, 0.5) is 18.9 Å². The standard InChI is InChI=1S/C21H18F3N3O3/c1-2-29-20-12-11-17(26-27-20)14-7-9-15(10-8-14)25-19(28)13-30-18-6-4-3-5-16(18)21(22,23)24/h3-12H,2,13H2,1H3,(H,25,28). The maximum absolute atomic E-state index is 13.0. The van der Waals surface area contributed by atoms with E-state index < -0.39 is 30.0 Å². The summed E-state index contributed by atoms with van der Waals surface area (Å²) in [5.74, 6) is -0.553. The molecule has 30 heavy (non-hydrogen) atoms. The zero-order chi connectivity index (χ0) is 21.6. The molecule has 0 aliphatic rings. The van der Waals surface area contributed by atoms with Gasteiger partial charge in [-0.2, -0.15) is 13.2 Å². The van der Waals surface area contributed by atoms with Crippen LogP contribution in [0.15, 0.2) is 60.7 Å². The Morgan fingerprint density at radius 1 is 0.967 bits per heavy atom. The van der Waals surface area contributed by atoms with Crippen molar-refractivity contribution in [2.24, 2.45) is 0 Å². The number of carbonyl (C=O) groups is 1. The minimum atomic E-state index is -4.56. The summed E-state index contributed by atoms with van der Waals surface area (Å²) in [5.41, 5.74) is 0.941. The second kappa shape index (κ2) is 9.25. The molecule has 0 spiro atoms. The number of hydrogen-bond donors (Lipinski definition) is 1. The van der Waals surface area contributed by atoms with Gasteiger partial charge in [0.2, 0.25) is 5.88 Å². The average molecular weight is 417 g/mol. The zero-order valence-electron chi connectivity index (χ0n) is 15.9. The van der Waals surface area contributed by atoms with Crippen molar-refractivity contribution in [1.82, 2.24) is 10.2 Å². The predicted octanol–water partition coefficient (Wildman–Crippen LogP) is 4.58. The topological polar surface area (TPSA) is 73.3 Å². The summed E-state index contributed by atoms with van der Waals surface area (Å²) in [6, 6.07) is 15.0. The van der Waals surface area contributed by atoms with Crippen molar-refractivity contribution in [2.45, 2.75) is 13.1 Å². The first kappa shape index (κ1) is 21.1. The Balaban J connectivity index is 1.59. The number of alkyl halides is 3. The van der Waals surface area contributed by atoms with E-state index in [0.29, 0.717) is 23.9 Å². The lowest BCUT2D eigenvalue weighted by molar-refractivity contribution is -0.139. The molecule has 2 aromatic carbocycles. The summed E-state index contributed by atoms with van der Waals surface area (Å²) < 4.78 is 49.2. The van der Waals surface area contributed by atoms with Crippen molar-refractivity contribution in [1.29, 1.82) is 0 Å². The molecular formula is C21H18F3N3O3. The number of benzene rings is 2. The fourth-order valence-corrected chi connectivity index (χ4v) is 2.59. The fraction of sp³-hybridized carbons (Fsp3) is 0.190. The van der Waals surface area contributed by atoms with Crippen molar-refractivity contribution in [3.05, 3.63) is 66.2 Å². The summed E-state index contributed by atoms with van der Waals surface area (Å²) in [6.07, 6.45) is -4.56. The van der Waals surface area contributed by atoms with Crippen LogP contribution in [-0.2, 0) is 11.0 Å². The maximum atomic E-state index is 13.0. The van der Waals surface area contributed by atoms with Gasteiger partial charge in [0.1, 0.15) is 5.75 Å². The molecule has 156 valence electrons. The second-order valence-electron chi connectivity index (χ2n) is 6.10. The highest BCUT2D eigenvalue weighted by Gasteiger charge is 2.34. The number of halogens is 3. The van der Waals surface area contributed by atoms with Crippen LogP contribution >= 0.6 is 0 Å². The quantitative estimate of drug-likeness (QED) is 0.609. The molecule has 1 amide bonds. The lowest BCUT2D eigenvalue weighted by Gasteiger charge is -2.13. The van der Waals surface area contributed by atoms with Crippen LogP contribution in [0.5, 0.6) is 11.6 Å². The number of anilines is 1. The van der Waals surface area contributed by atoms with Gasteiger partial charge in [0.25, 0.3) is 5.91 Å². The van der Waals surface area contributed by atoms with Crippen LogP contribution < -0.4 is 14.8 Å². The van der Waals surface area contributed by atoms with E-state index >= 15 is 0 Å². The molecule has 3 rings (SSSR count). The molecule has 1 N–H and O–H groups in total. The van der Waals surface area contributed by atoms with Crippen LogP contribution in [-0.4, -0.2) is 29.3 Å². The molecule has 0 aliphatic heterocycles. The zero-order valence-corrected chi connectivity index (χ0v) is 15.9. The van der Waals surface area contributed by atoms with Crippen molar-refractivity contribution >= 4 is 11.6 Å². The molecular weight excluding hydrogens is 399 g/mol. The lowest BCUT2D eigenvalue weighted by atomic mass is 10.1. The third-order valence-electron chi connectivity index (χ3n) is 3.95. The Morgan fingerprint density at radius 2 is 1.70 bits per heavy atom. The number of ether oxygens (including phenoxy) is 2. The van der Waals surface area contributed by atoms with Gasteiger partial charge in [0.05, 0.1) is 17.9 Å². The molecule has 3 aromatic rings. The Kier molecular flexibility index (Phi) is 6.51. The largest absolute Gasteiger partial charge is 0.483 e. The third-order valence-corrected chi connectivity index (χ3v) is 3.95. The smallest absolute Gasteiger partial charge is 0.419 e. The van der Waals surface area contributed by atoms with Gasteiger partial charge >= 0.3 is 6.18 Å². The molecule has 0 fully saturated rings. The molecule has 0 bridgehead atoms. The number of rotatable bonds is 7. The van der Waals surface area contributed by atoms with Crippen molar-refractivity contribution in [3.8, 4) is 22.9 Å². The number of nitrogens with one attached hydrogen (secondary N) is 1. The van der Waals surface area contributed by atoms with Gasteiger partial charge in [-0.1, -0.05) is 24.3 Å². The van der Waals surface area contributed by atoms with E-state index in [9.17, 15) is 18.0 Å². The minimum Gasteiger partial charge on any atom is -0.483 e. The summed E-state index contributed by atoms with van der Waals surface area (Å²) in [6.45, 7) is 1.79. The fourth-order valence-electron chi connectivity index (χ4n) is 2.59. The molecule has 0 unspecified atom stereocenters. The SMILES string of the molecule is CCOc1ccc(-c2ccc(NC(=O)COc3ccccc3C(F)(F)F)cc2)nn1. The number of aromatic nitrogens is 2. The van der Waals surface area contributed by atoms with E-state index in [1.165, 1.54) is 18.2 Å². The Labute approximate surface area is 170 Å². The van der Waals surface area contributed by atoms with Crippen molar-refractivity contribution < 1.29 is 27.4 Å². The van der Waals surface area contributed by atoms with E-state index in [-0.39, 0.29) is 0 Å². The molecule has 0 saturated carbocycles. The van der Waals surface area contributed by atoms with E-state index in [0.717, 1.165) is 11.6 Å². The highest BCUT2D eigenvalue weighted by Crippen LogP contribution is 2.35. The highest BCUT2D eigenvalue weighted by atomic mass is 19.4. The van der Waals surface area contributed by atoms with Crippen molar-refractivity contribution in [2.75, 3.05) is 18.5 Å². The first-order valence-electron chi connectivity index (χ1n) is 9.02. The van der Waals surface area contributed by atoms with Crippen LogP contribution in [0.2, 0.25) is 0 Å². The van der Waals surface area contributed by atoms with Crippen LogP contribution in [0.25, 0.3) is 11.3 Å². The van der Waals surface area contributed by atoms with Gasteiger partial charge in [0, 0.05) is 17.3 Å².